The molecule has 0 aliphatic rings. The van der Waals surface area contributed by atoms with E-state index in [9.17, 15) is 8.50 Å². The first-order valence-electron chi connectivity index (χ1n) is 16.6. The van der Waals surface area contributed by atoms with Gasteiger partial charge in [0.1, 0.15) is 5.75 Å². The Morgan fingerprint density at radius 1 is 0.587 bits per heavy atom. The molecule has 0 fully saturated rings. The molecule has 0 bridgehead atoms. The average Bonchev–Trinajstić information content (AvgIpc) is 2.91. The van der Waals surface area contributed by atoms with Crippen LogP contribution in [0.15, 0.2) is 42.5 Å². The molecule has 0 atom stereocenters. The van der Waals surface area contributed by atoms with Gasteiger partial charge in [-0.3, -0.25) is 0 Å². The standard InChI is InChI=1S/C36H50O.C5H10.CH3.ClH.O.W/c1-20(2)26-16-30(22(5)6)34(31(17-26)23(7)8)28-14-13-15-29(36(28)37)35-32(24(9)10)18-27(21(3)4)19-33(35)25(11)12;1-5(2,3)4;;;;/h13-25,37H,1-12H3;1H,2-4H3;1H3;1H;;/q;;-1;;;. The molecule has 3 rings (SSSR count). The molecule has 2 nitrogen and oxygen atoms in total. The molecule has 3 aromatic carbocycles. The maximum absolute atomic E-state index is 12.1. The number of para-hydroxylation sites is 1. The van der Waals surface area contributed by atoms with Crippen LogP contribution < -0.4 is 0 Å². The Morgan fingerprint density at radius 3 is 1.04 bits per heavy atom. The Balaban J connectivity index is 0.00000202. The number of hydrogen-bond donors (Lipinski definition) is 1. The maximum Gasteiger partial charge on any atom is 0.131 e. The molecule has 0 amide bonds. The summed E-state index contributed by atoms with van der Waals surface area (Å²) in [4.78, 5) is 0. The minimum atomic E-state index is -1.27. The molecule has 0 aromatic heterocycles. The second kappa shape index (κ2) is 18.6. The van der Waals surface area contributed by atoms with Gasteiger partial charge in [-0.2, -0.15) is 0 Å². The quantitative estimate of drug-likeness (QED) is 0.230. The third-order valence-electron chi connectivity index (χ3n) is 8.24. The molecule has 0 aliphatic heterocycles. The Bertz CT molecular complexity index is 1310. The van der Waals surface area contributed by atoms with Gasteiger partial charge in [0.05, 0.1) is 0 Å². The van der Waals surface area contributed by atoms with Crippen LogP contribution >= 0.6 is 12.4 Å². The molecule has 0 saturated carbocycles. The Kier molecular flexibility index (Phi) is 17.8. The van der Waals surface area contributed by atoms with Gasteiger partial charge >= 0.3 is 52.0 Å². The third kappa shape index (κ3) is 11.1. The molecule has 0 aliphatic carbocycles. The summed E-state index contributed by atoms with van der Waals surface area (Å²) in [6.45, 7) is 33.4. The Hall–Kier alpha value is -1.89. The number of hydrogen-bond acceptors (Lipinski definition) is 2. The molecule has 0 unspecified atom stereocenters. The summed E-state index contributed by atoms with van der Waals surface area (Å²) in [5.41, 5.74) is 12.6. The van der Waals surface area contributed by atoms with E-state index in [1.54, 1.807) is 0 Å². The van der Waals surface area contributed by atoms with Crippen molar-refractivity contribution >= 4 is 16.8 Å². The van der Waals surface area contributed by atoms with Crippen molar-refractivity contribution in [2.75, 3.05) is 0 Å². The van der Waals surface area contributed by atoms with Crippen molar-refractivity contribution in [1.29, 1.82) is 0 Å². The van der Waals surface area contributed by atoms with Crippen LogP contribution in [0, 0.1) is 12.8 Å². The van der Waals surface area contributed by atoms with E-state index in [0.29, 0.717) is 41.3 Å². The fourth-order valence-corrected chi connectivity index (χ4v) is 6.66. The Morgan fingerprint density at radius 2 is 0.870 bits per heavy atom. The summed E-state index contributed by atoms with van der Waals surface area (Å²) in [7, 11) is 0. The normalized spacial score (nSPS) is 11.5. The predicted molar refractivity (Wildman–Crippen MR) is 203 cm³/mol. The van der Waals surface area contributed by atoms with Gasteiger partial charge in [0.25, 0.3) is 0 Å². The largest absolute Gasteiger partial charge is 0.507 e. The zero-order valence-electron chi connectivity index (χ0n) is 31.8. The molecule has 0 saturated heterocycles. The number of benzene rings is 3. The van der Waals surface area contributed by atoms with Gasteiger partial charge in [-0.05, 0) is 80.0 Å². The van der Waals surface area contributed by atoms with E-state index in [0.717, 1.165) is 11.1 Å². The third-order valence-corrected chi connectivity index (χ3v) is 11.1. The van der Waals surface area contributed by atoms with Crippen LogP contribution in [0.25, 0.3) is 22.3 Å². The first-order valence-corrected chi connectivity index (χ1v) is 19.5. The number of aromatic hydroxyl groups is 1. The van der Waals surface area contributed by atoms with Crippen molar-refractivity contribution < 1.29 is 26.6 Å². The van der Waals surface area contributed by atoms with Crippen LogP contribution in [0.4, 0.5) is 0 Å². The molecule has 0 radical (unpaired) electrons. The second-order valence-corrected chi connectivity index (χ2v) is 16.9. The minimum absolute atomic E-state index is 0. The summed E-state index contributed by atoms with van der Waals surface area (Å²) in [5.74, 6) is 2.77. The van der Waals surface area contributed by atoms with Crippen molar-refractivity contribution in [3.05, 3.63) is 83.3 Å². The van der Waals surface area contributed by atoms with Gasteiger partial charge in [0.15, 0.2) is 0 Å². The number of phenols is 1. The SMILES string of the molecule is CC(C)(C)[CH]=[W]=[O].CC(C)c1cc(C(C)C)c(-c2cccc(-c3c(C(C)C)cc(C(C)C)cc3C(C)C)c2O)c(C(C)C)c1.Cl.[CH3-]. The van der Waals surface area contributed by atoms with Gasteiger partial charge in [-0.1, -0.05) is 126 Å². The minimum Gasteiger partial charge on any atom is -0.507 e. The van der Waals surface area contributed by atoms with Gasteiger partial charge in [0, 0.05) is 11.1 Å². The smallest absolute Gasteiger partial charge is 0.131 e. The molecule has 1 N–H and O–H groups in total. The van der Waals surface area contributed by atoms with Crippen molar-refractivity contribution in [3.8, 4) is 28.0 Å². The van der Waals surface area contributed by atoms with Crippen LogP contribution in [0.1, 0.15) is 173 Å². The van der Waals surface area contributed by atoms with Crippen LogP contribution in [-0.4, -0.2) is 9.51 Å². The second-order valence-electron chi connectivity index (χ2n) is 15.4. The van der Waals surface area contributed by atoms with Gasteiger partial charge in [-0.25, -0.2) is 0 Å². The van der Waals surface area contributed by atoms with Crippen LogP contribution in [0.3, 0.4) is 0 Å². The number of phenolic OH excluding ortho intramolecular Hbond substituents is 1. The molecule has 46 heavy (non-hydrogen) atoms. The van der Waals surface area contributed by atoms with Crippen LogP contribution in [0.5, 0.6) is 5.75 Å². The van der Waals surface area contributed by atoms with E-state index in [-0.39, 0.29) is 25.2 Å². The average molecular weight is 820 g/mol. The molecule has 258 valence electrons. The molecule has 0 heterocycles. The van der Waals surface area contributed by atoms with Crippen molar-refractivity contribution in [2.24, 2.45) is 5.41 Å². The first kappa shape index (κ1) is 44.1. The summed E-state index contributed by atoms with van der Waals surface area (Å²) in [5, 5.41) is 12.1. The van der Waals surface area contributed by atoms with Crippen molar-refractivity contribution in [1.82, 2.24) is 0 Å². The summed E-state index contributed by atoms with van der Waals surface area (Å²) in [6.07, 6.45) is 0. The van der Waals surface area contributed by atoms with Gasteiger partial charge in [0.2, 0.25) is 0 Å². The number of halogens is 1. The maximum atomic E-state index is 12.1. The summed E-state index contributed by atoms with van der Waals surface area (Å²) >= 11 is -1.27. The molecular weight excluding hydrogens is 756 g/mol. The zero-order valence-corrected chi connectivity index (χ0v) is 35.5. The fraction of sp³-hybridized carbons (Fsp3) is 0.524. The first-order chi connectivity index (χ1) is 20.3. The van der Waals surface area contributed by atoms with Crippen molar-refractivity contribution in [3.63, 3.8) is 0 Å². The monoisotopic (exact) mass is 819 g/mol. The van der Waals surface area contributed by atoms with E-state index in [2.05, 4.69) is 146 Å². The fourth-order valence-electron chi connectivity index (χ4n) is 5.62. The van der Waals surface area contributed by atoms with Crippen LogP contribution in [-0.2, 0) is 21.5 Å². The van der Waals surface area contributed by atoms with Crippen molar-refractivity contribution in [2.45, 2.75) is 139 Å². The van der Waals surface area contributed by atoms with E-state index in [1.807, 2.05) is 4.40 Å². The van der Waals surface area contributed by atoms with E-state index in [1.165, 1.54) is 44.5 Å². The van der Waals surface area contributed by atoms with E-state index >= 15 is 0 Å². The molecule has 0 spiro atoms. The van der Waals surface area contributed by atoms with E-state index in [4.69, 9.17) is 0 Å². The predicted octanol–water partition coefficient (Wildman–Crippen LogP) is 13.6. The molecular formula is C42H64ClO2W-. The van der Waals surface area contributed by atoms with Gasteiger partial charge in [-0.15, -0.1) is 12.4 Å². The summed E-state index contributed by atoms with van der Waals surface area (Å²) in [6, 6.07) is 15.9. The topological polar surface area (TPSA) is 37.3 Å². The molecule has 3 aromatic rings. The Labute approximate surface area is 298 Å². The van der Waals surface area contributed by atoms with Crippen LogP contribution in [0.2, 0.25) is 0 Å². The molecule has 4 heteroatoms. The summed E-state index contributed by atoms with van der Waals surface area (Å²) < 4.78 is 12.0. The number of rotatable bonds is 8. The van der Waals surface area contributed by atoms with E-state index < -0.39 is 18.1 Å². The van der Waals surface area contributed by atoms with Gasteiger partial charge < -0.3 is 12.5 Å². The zero-order chi connectivity index (χ0) is 33.7.